The van der Waals surface area contributed by atoms with Gasteiger partial charge in [-0.15, -0.1) is 10.2 Å². The van der Waals surface area contributed by atoms with E-state index < -0.39 is 0 Å². The number of hydrogen-bond acceptors (Lipinski definition) is 6. The first-order valence-corrected chi connectivity index (χ1v) is 9.48. The molecule has 2 heterocycles. The van der Waals surface area contributed by atoms with E-state index in [1.54, 1.807) is 0 Å². The molecule has 3 aromatic rings. The Morgan fingerprint density at radius 2 is 1.68 bits per heavy atom. The fourth-order valence-electron chi connectivity index (χ4n) is 3.28. The van der Waals surface area contributed by atoms with Crippen LogP contribution in [0.1, 0.15) is 11.3 Å². The van der Waals surface area contributed by atoms with Crippen molar-refractivity contribution >= 4 is 17.3 Å². The van der Waals surface area contributed by atoms with Crippen molar-refractivity contribution in [2.45, 2.75) is 6.42 Å². The fraction of sp³-hybridized carbons (Fsp3) is 0.286. The van der Waals surface area contributed by atoms with Gasteiger partial charge in [-0.1, -0.05) is 30.3 Å². The van der Waals surface area contributed by atoms with Crippen molar-refractivity contribution < 1.29 is 0 Å². The Hall–Kier alpha value is -3.19. The lowest BCUT2D eigenvalue weighted by Crippen LogP contribution is -2.44. The molecule has 0 bridgehead atoms. The molecule has 144 valence electrons. The van der Waals surface area contributed by atoms with E-state index >= 15 is 0 Å². The summed E-state index contributed by atoms with van der Waals surface area (Å²) in [6.45, 7) is 4.22. The van der Waals surface area contributed by atoms with E-state index in [9.17, 15) is 4.79 Å². The van der Waals surface area contributed by atoms with E-state index in [1.165, 1.54) is 5.69 Å². The highest BCUT2D eigenvalue weighted by Gasteiger charge is 2.14. The molecule has 1 aliphatic rings. The van der Waals surface area contributed by atoms with Crippen LogP contribution in [-0.2, 0) is 6.42 Å². The Balaban J connectivity index is 1.41. The van der Waals surface area contributed by atoms with Crippen LogP contribution in [-0.4, -0.2) is 53.3 Å². The van der Waals surface area contributed by atoms with Gasteiger partial charge in [0.25, 0.3) is 5.56 Å². The highest BCUT2D eigenvalue weighted by molar-refractivity contribution is 5.59. The van der Waals surface area contributed by atoms with Crippen LogP contribution >= 0.6 is 0 Å². The monoisotopic (exact) mass is 376 g/mol. The van der Waals surface area contributed by atoms with Gasteiger partial charge in [-0.3, -0.25) is 9.78 Å². The van der Waals surface area contributed by atoms with Gasteiger partial charge in [-0.05, 0) is 36.9 Å². The molecule has 0 atom stereocenters. The molecule has 1 aliphatic heterocycles. The number of nitrogens with zero attached hydrogens (tertiary/aromatic N) is 4. The van der Waals surface area contributed by atoms with Crippen LogP contribution in [0.4, 0.5) is 17.3 Å². The Labute approximate surface area is 164 Å². The topological polar surface area (TPSA) is 77.2 Å². The number of H-pyrrole nitrogens is 1. The Bertz CT molecular complexity index is 962. The maximum absolute atomic E-state index is 12.3. The highest BCUT2D eigenvalue weighted by Crippen LogP contribution is 2.20. The molecular weight excluding hydrogens is 352 g/mol. The molecule has 0 aliphatic carbocycles. The van der Waals surface area contributed by atoms with Gasteiger partial charge in [0.15, 0.2) is 0 Å². The van der Waals surface area contributed by atoms with Gasteiger partial charge in [-0.25, -0.2) is 0 Å². The summed E-state index contributed by atoms with van der Waals surface area (Å²) in [4.78, 5) is 19.8. The first-order chi connectivity index (χ1) is 13.7. The second-order valence-electron chi connectivity index (χ2n) is 7.07. The largest absolute Gasteiger partial charge is 0.369 e. The van der Waals surface area contributed by atoms with Crippen molar-refractivity contribution in [3.63, 3.8) is 0 Å². The van der Waals surface area contributed by atoms with Gasteiger partial charge in [0.05, 0.1) is 0 Å². The van der Waals surface area contributed by atoms with Crippen molar-refractivity contribution in [1.82, 2.24) is 20.1 Å². The first kappa shape index (κ1) is 18.2. The second kappa shape index (κ2) is 8.22. The number of likely N-dealkylation sites (N-methyl/N-ethyl adjacent to an activating group) is 1. The lowest BCUT2D eigenvalue weighted by atomic mass is 10.1. The summed E-state index contributed by atoms with van der Waals surface area (Å²) in [5.74, 6) is 0.342. The van der Waals surface area contributed by atoms with Gasteiger partial charge in [-0.2, -0.15) is 0 Å². The molecule has 0 amide bonds. The first-order valence-electron chi connectivity index (χ1n) is 9.48. The summed E-state index contributed by atoms with van der Waals surface area (Å²) in [5, 5.41) is 11.3. The fourth-order valence-corrected chi connectivity index (χ4v) is 3.28. The van der Waals surface area contributed by atoms with Crippen LogP contribution in [0.25, 0.3) is 0 Å². The molecule has 0 spiro atoms. The van der Waals surface area contributed by atoms with Crippen LogP contribution in [0.15, 0.2) is 59.4 Å². The van der Waals surface area contributed by atoms with E-state index in [4.69, 9.17) is 0 Å². The zero-order valence-electron chi connectivity index (χ0n) is 15.9. The zero-order valence-corrected chi connectivity index (χ0v) is 15.9. The maximum atomic E-state index is 12.3. The molecule has 0 saturated carbocycles. The molecule has 0 unspecified atom stereocenters. The molecule has 1 aromatic heterocycles. The summed E-state index contributed by atoms with van der Waals surface area (Å²) >= 11 is 0. The normalized spacial score (nSPS) is 14.8. The number of anilines is 3. The van der Waals surface area contributed by atoms with Crippen molar-refractivity contribution in [3.05, 3.63) is 76.2 Å². The van der Waals surface area contributed by atoms with Crippen LogP contribution in [0.2, 0.25) is 0 Å². The van der Waals surface area contributed by atoms with E-state index in [0.717, 1.165) is 37.4 Å². The molecule has 7 nitrogen and oxygen atoms in total. The molecule has 4 rings (SSSR count). The van der Waals surface area contributed by atoms with Crippen molar-refractivity contribution in [2.75, 3.05) is 43.4 Å². The van der Waals surface area contributed by atoms with Crippen LogP contribution in [0.5, 0.6) is 0 Å². The summed E-state index contributed by atoms with van der Waals surface area (Å²) in [5.41, 5.74) is 3.27. The number of nitrogens with one attached hydrogen (secondary N) is 2. The molecule has 28 heavy (non-hydrogen) atoms. The minimum atomic E-state index is -0.226. The molecule has 2 aromatic carbocycles. The van der Waals surface area contributed by atoms with Gasteiger partial charge in [0.1, 0.15) is 5.69 Å². The quantitative estimate of drug-likeness (QED) is 0.711. The number of hydrogen-bond donors (Lipinski definition) is 2. The van der Waals surface area contributed by atoms with Gasteiger partial charge < -0.3 is 15.1 Å². The Morgan fingerprint density at radius 1 is 0.964 bits per heavy atom. The van der Waals surface area contributed by atoms with Gasteiger partial charge >= 0.3 is 0 Å². The average molecular weight is 376 g/mol. The maximum Gasteiger partial charge on any atom is 0.274 e. The van der Waals surface area contributed by atoms with Crippen LogP contribution in [0.3, 0.4) is 0 Å². The average Bonchev–Trinajstić information content (AvgIpc) is 2.72. The van der Waals surface area contributed by atoms with Gasteiger partial charge in [0.2, 0.25) is 5.95 Å². The number of piperazine rings is 1. The number of rotatable bonds is 5. The van der Waals surface area contributed by atoms with E-state index in [1.807, 2.05) is 42.5 Å². The molecular formula is C21H24N6O. The number of aromatic nitrogens is 3. The lowest BCUT2D eigenvalue weighted by Gasteiger charge is -2.34. The zero-order chi connectivity index (χ0) is 19.3. The summed E-state index contributed by atoms with van der Waals surface area (Å²) in [7, 11) is 2.15. The predicted molar refractivity (Wildman–Crippen MR) is 111 cm³/mol. The molecule has 2 N–H and O–H groups in total. The third-order valence-electron chi connectivity index (χ3n) is 4.98. The minimum absolute atomic E-state index is 0.226. The molecule has 0 radical (unpaired) electrons. The Kier molecular flexibility index (Phi) is 5.34. The van der Waals surface area contributed by atoms with Gasteiger partial charge in [0, 0.05) is 44.0 Å². The number of aromatic amines is 1. The smallest absolute Gasteiger partial charge is 0.274 e. The minimum Gasteiger partial charge on any atom is -0.369 e. The summed E-state index contributed by atoms with van der Waals surface area (Å²) < 4.78 is 0. The second-order valence-corrected chi connectivity index (χ2v) is 7.07. The SMILES string of the molecule is CN1CCN(c2ccc(Nc3nnc(Cc4ccccc4)c(=O)[nH]3)cc2)CC1. The molecule has 7 heteroatoms. The van der Waals surface area contributed by atoms with E-state index in [2.05, 4.69) is 49.5 Å². The highest BCUT2D eigenvalue weighted by atomic mass is 16.1. The third-order valence-corrected chi connectivity index (χ3v) is 4.98. The van der Waals surface area contributed by atoms with Crippen molar-refractivity contribution in [2.24, 2.45) is 0 Å². The lowest BCUT2D eigenvalue weighted by molar-refractivity contribution is 0.313. The van der Waals surface area contributed by atoms with Crippen molar-refractivity contribution in [3.8, 4) is 0 Å². The van der Waals surface area contributed by atoms with E-state index in [0.29, 0.717) is 18.1 Å². The van der Waals surface area contributed by atoms with Crippen LogP contribution < -0.4 is 15.8 Å². The summed E-state index contributed by atoms with van der Waals surface area (Å²) in [6.07, 6.45) is 0.461. The number of benzene rings is 2. The molecule has 1 fully saturated rings. The third kappa shape index (κ3) is 4.37. The van der Waals surface area contributed by atoms with Crippen molar-refractivity contribution in [1.29, 1.82) is 0 Å². The molecule has 1 saturated heterocycles. The predicted octanol–water partition coefficient (Wildman–Crippen LogP) is 2.25. The Morgan fingerprint density at radius 3 is 2.36 bits per heavy atom. The van der Waals surface area contributed by atoms with Crippen LogP contribution in [0, 0.1) is 0 Å². The van der Waals surface area contributed by atoms with E-state index in [-0.39, 0.29) is 5.56 Å². The standard InChI is InChI=1S/C21H24N6O/c1-26-11-13-27(14-12-26)18-9-7-17(8-10-18)22-21-23-20(28)19(24-25-21)15-16-5-3-2-4-6-16/h2-10H,11-15H2,1H3,(H2,22,23,25,28). The summed E-state index contributed by atoms with van der Waals surface area (Å²) in [6, 6.07) is 17.9.